The van der Waals surface area contributed by atoms with Crippen LogP contribution in [0.3, 0.4) is 0 Å². The van der Waals surface area contributed by atoms with Crippen molar-refractivity contribution in [1.82, 2.24) is 39.4 Å². The van der Waals surface area contributed by atoms with Crippen LogP contribution in [0.4, 0.5) is 0 Å². The Hall–Kier alpha value is -2.61. The van der Waals surface area contributed by atoms with Gasteiger partial charge in [-0.15, -0.1) is 10.2 Å². The highest BCUT2D eigenvalue weighted by Crippen LogP contribution is 2.27. The van der Waals surface area contributed by atoms with Crippen LogP contribution in [0.15, 0.2) is 31.0 Å². The maximum absolute atomic E-state index is 4.59. The first-order chi connectivity index (χ1) is 13.2. The van der Waals surface area contributed by atoms with Gasteiger partial charge in [0.25, 0.3) is 0 Å². The van der Waals surface area contributed by atoms with E-state index < -0.39 is 0 Å². The van der Waals surface area contributed by atoms with E-state index in [0.29, 0.717) is 12.5 Å². The van der Waals surface area contributed by atoms with Crippen LogP contribution in [0.2, 0.25) is 0 Å². The van der Waals surface area contributed by atoms with E-state index in [2.05, 4.69) is 53.8 Å². The number of hydrogen-bond donors (Lipinski definition) is 0. The minimum absolute atomic E-state index is 0.457. The summed E-state index contributed by atoms with van der Waals surface area (Å²) in [5.74, 6) is 2.45. The van der Waals surface area contributed by atoms with Crippen molar-refractivity contribution in [2.24, 2.45) is 7.05 Å². The maximum atomic E-state index is 4.59. The number of rotatable bonds is 6. The molecule has 3 aromatic rings. The number of piperidine rings is 1. The van der Waals surface area contributed by atoms with Crippen molar-refractivity contribution in [3.05, 3.63) is 53.9 Å². The van der Waals surface area contributed by atoms with E-state index in [1.165, 1.54) is 11.9 Å². The van der Waals surface area contributed by atoms with Crippen molar-refractivity contribution in [3.8, 4) is 0 Å². The van der Waals surface area contributed by atoms with Gasteiger partial charge in [0.05, 0.1) is 5.69 Å². The van der Waals surface area contributed by atoms with E-state index in [1.807, 2.05) is 13.2 Å². The standard InChI is InChI=1S/C19H26N8/c1-3-15-4-5-17(21-10-15)11-26-8-6-16(7-9-26)19-24-23-18(25(19)2)12-27-14-20-13-22-27/h4-5,10,13-14,16H,3,6-9,11-12H2,1-2H3. The highest BCUT2D eigenvalue weighted by atomic mass is 15.4. The lowest BCUT2D eigenvalue weighted by Gasteiger charge is -2.31. The van der Waals surface area contributed by atoms with Crippen LogP contribution in [-0.4, -0.2) is 52.5 Å². The molecule has 0 aromatic carbocycles. The molecule has 1 aliphatic heterocycles. The summed E-state index contributed by atoms with van der Waals surface area (Å²) in [5.41, 5.74) is 2.45. The first-order valence-corrected chi connectivity index (χ1v) is 9.59. The molecule has 0 bridgehead atoms. The zero-order valence-corrected chi connectivity index (χ0v) is 16.0. The van der Waals surface area contributed by atoms with Crippen LogP contribution >= 0.6 is 0 Å². The number of pyridine rings is 1. The maximum Gasteiger partial charge on any atom is 0.154 e. The zero-order valence-electron chi connectivity index (χ0n) is 16.0. The molecule has 0 radical (unpaired) electrons. The first kappa shape index (κ1) is 17.8. The normalized spacial score (nSPS) is 16.1. The van der Waals surface area contributed by atoms with Gasteiger partial charge in [0.1, 0.15) is 25.0 Å². The SMILES string of the molecule is CCc1ccc(CN2CCC(c3nnc(Cn4cncn4)n3C)CC2)nc1. The molecule has 1 saturated heterocycles. The van der Waals surface area contributed by atoms with Crippen molar-refractivity contribution in [2.75, 3.05) is 13.1 Å². The fourth-order valence-corrected chi connectivity index (χ4v) is 3.66. The zero-order chi connectivity index (χ0) is 18.6. The van der Waals surface area contributed by atoms with Crippen LogP contribution in [0.1, 0.15) is 48.6 Å². The van der Waals surface area contributed by atoms with Crippen molar-refractivity contribution in [1.29, 1.82) is 0 Å². The number of aryl methyl sites for hydroxylation is 1. The van der Waals surface area contributed by atoms with E-state index in [0.717, 1.165) is 56.2 Å². The van der Waals surface area contributed by atoms with Crippen molar-refractivity contribution in [3.63, 3.8) is 0 Å². The summed E-state index contributed by atoms with van der Waals surface area (Å²) in [6.45, 7) is 5.81. The second kappa shape index (κ2) is 7.96. The van der Waals surface area contributed by atoms with Crippen LogP contribution in [0.25, 0.3) is 0 Å². The van der Waals surface area contributed by atoms with Gasteiger partial charge in [0.15, 0.2) is 5.82 Å². The molecule has 0 atom stereocenters. The second-order valence-corrected chi connectivity index (χ2v) is 7.19. The average Bonchev–Trinajstić information content (AvgIpc) is 3.34. The number of nitrogens with zero attached hydrogens (tertiary/aromatic N) is 8. The lowest BCUT2D eigenvalue weighted by Crippen LogP contribution is -2.33. The highest BCUT2D eigenvalue weighted by Gasteiger charge is 2.25. The molecule has 0 amide bonds. The van der Waals surface area contributed by atoms with E-state index in [1.54, 1.807) is 11.0 Å². The van der Waals surface area contributed by atoms with E-state index in [9.17, 15) is 0 Å². The minimum atomic E-state index is 0.457. The number of likely N-dealkylation sites (tertiary alicyclic amines) is 1. The molecule has 8 heteroatoms. The van der Waals surface area contributed by atoms with Crippen LogP contribution in [0, 0.1) is 0 Å². The van der Waals surface area contributed by atoms with Crippen molar-refractivity contribution < 1.29 is 0 Å². The van der Waals surface area contributed by atoms with Gasteiger partial charge in [-0.2, -0.15) is 5.10 Å². The molecule has 4 rings (SSSR count). The smallest absolute Gasteiger partial charge is 0.154 e. The van der Waals surface area contributed by atoms with Crippen molar-refractivity contribution in [2.45, 2.75) is 45.2 Å². The molecule has 8 nitrogen and oxygen atoms in total. The Balaban J connectivity index is 1.34. The summed E-state index contributed by atoms with van der Waals surface area (Å²) >= 11 is 0. The molecular weight excluding hydrogens is 340 g/mol. The van der Waals surface area contributed by atoms with Gasteiger partial charge < -0.3 is 4.57 Å². The minimum Gasteiger partial charge on any atom is -0.316 e. The molecule has 3 aromatic heterocycles. The Labute approximate surface area is 159 Å². The Kier molecular flexibility index (Phi) is 5.24. The molecule has 4 heterocycles. The molecule has 142 valence electrons. The summed E-state index contributed by atoms with van der Waals surface area (Å²) in [6.07, 6.45) is 8.48. The summed E-state index contributed by atoms with van der Waals surface area (Å²) in [5, 5.41) is 13.0. The molecule has 27 heavy (non-hydrogen) atoms. The fraction of sp³-hybridized carbons (Fsp3) is 0.526. The van der Waals surface area contributed by atoms with Gasteiger partial charge in [-0.3, -0.25) is 9.88 Å². The quantitative estimate of drug-likeness (QED) is 0.662. The third kappa shape index (κ3) is 4.05. The predicted molar refractivity (Wildman–Crippen MR) is 101 cm³/mol. The van der Waals surface area contributed by atoms with Gasteiger partial charge in [-0.1, -0.05) is 13.0 Å². The largest absolute Gasteiger partial charge is 0.316 e. The molecule has 0 unspecified atom stereocenters. The topological polar surface area (TPSA) is 77.5 Å². The molecule has 0 N–H and O–H groups in total. The monoisotopic (exact) mass is 366 g/mol. The van der Waals surface area contributed by atoms with Crippen LogP contribution < -0.4 is 0 Å². The summed E-state index contributed by atoms with van der Waals surface area (Å²) in [6, 6.07) is 4.34. The van der Waals surface area contributed by atoms with E-state index in [-0.39, 0.29) is 0 Å². The van der Waals surface area contributed by atoms with Crippen molar-refractivity contribution >= 4 is 0 Å². The number of hydrogen-bond acceptors (Lipinski definition) is 6. The summed E-state index contributed by atoms with van der Waals surface area (Å²) in [4.78, 5) is 11.1. The van der Waals surface area contributed by atoms with E-state index in [4.69, 9.17) is 0 Å². The van der Waals surface area contributed by atoms with Gasteiger partial charge in [-0.25, -0.2) is 9.67 Å². The van der Waals surface area contributed by atoms with Gasteiger partial charge >= 0.3 is 0 Å². The fourth-order valence-electron chi connectivity index (χ4n) is 3.66. The molecule has 1 fully saturated rings. The predicted octanol–water partition coefficient (Wildman–Crippen LogP) is 1.79. The third-order valence-corrected chi connectivity index (χ3v) is 5.40. The lowest BCUT2D eigenvalue weighted by molar-refractivity contribution is 0.198. The Morgan fingerprint density at radius 1 is 1.11 bits per heavy atom. The Morgan fingerprint density at radius 2 is 1.96 bits per heavy atom. The van der Waals surface area contributed by atoms with Gasteiger partial charge in [-0.05, 0) is 44.0 Å². The highest BCUT2D eigenvalue weighted by molar-refractivity contribution is 5.14. The van der Waals surface area contributed by atoms with Gasteiger partial charge in [0.2, 0.25) is 0 Å². The van der Waals surface area contributed by atoms with Gasteiger partial charge in [0, 0.05) is 25.7 Å². The van der Waals surface area contributed by atoms with Crippen LogP contribution in [-0.2, 0) is 26.6 Å². The number of aromatic nitrogens is 7. The lowest BCUT2D eigenvalue weighted by atomic mass is 9.96. The molecule has 0 spiro atoms. The average molecular weight is 366 g/mol. The van der Waals surface area contributed by atoms with Crippen LogP contribution in [0.5, 0.6) is 0 Å². The third-order valence-electron chi connectivity index (χ3n) is 5.40. The second-order valence-electron chi connectivity index (χ2n) is 7.19. The molecule has 1 aliphatic rings. The summed E-state index contributed by atoms with van der Waals surface area (Å²) < 4.78 is 3.89. The Bertz CT molecular complexity index is 844. The molecular formula is C19H26N8. The van der Waals surface area contributed by atoms with E-state index >= 15 is 0 Å². The molecule has 0 saturated carbocycles. The summed E-state index contributed by atoms with van der Waals surface area (Å²) in [7, 11) is 2.05. The Morgan fingerprint density at radius 3 is 2.63 bits per heavy atom. The molecule has 0 aliphatic carbocycles. The first-order valence-electron chi connectivity index (χ1n) is 9.59.